The van der Waals surface area contributed by atoms with Gasteiger partial charge in [-0.05, 0) is 24.3 Å². The third-order valence-electron chi connectivity index (χ3n) is 4.17. The molecule has 0 aliphatic carbocycles. The van der Waals surface area contributed by atoms with E-state index in [1.807, 2.05) is 0 Å². The number of hydrogen-bond acceptors (Lipinski definition) is 6. The van der Waals surface area contributed by atoms with Crippen LogP contribution in [0.25, 0.3) is 16.9 Å². The number of fused-ring (bicyclic) bond motifs is 1. The van der Waals surface area contributed by atoms with E-state index < -0.39 is 18.0 Å². The van der Waals surface area contributed by atoms with Crippen LogP contribution in [0.5, 0.6) is 11.6 Å². The molecule has 1 aromatic carbocycles. The van der Waals surface area contributed by atoms with Gasteiger partial charge in [-0.1, -0.05) is 18.2 Å². The molecule has 0 atom stereocenters. The molecule has 0 aliphatic heterocycles. The lowest BCUT2D eigenvalue weighted by Gasteiger charge is -2.13. The number of alkyl halides is 3. The Morgan fingerprint density at radius 1 is 1.06 bits per heavy atom. The summed E-state index contributed by atoms with van der Waals surface area (Å²) < 4.78 is 48.7. The minimum Gasteiger partial charge on any atom is -0.481 e. The smallest absolute Gasteiger partial charge is 0.481 e. The van der Waals surface area contributed by atoms with Gasteiger partial charge in [-0.15, -0.1) is 13.2 Å². The number of hydrogen-bond donors (Lipinski definition) is 1. The van der Waals surface area contributed by atoms with Gasteiger partial charge < -0.3 is 14.8 Å². The van der Waals surface area contributed by atoms with Gasteiger partial charge >= 0.3 is 6.36 Å². The molecule has 4 aromatic rings. The van der Waals surface area contributed by atoms with Crippen molar-refractivity contribution in [3.63, 3.8) is 0 Å². The summed E-state index contributed by atoms with van der Waals surface area (Å²) in [6.07, 6.45) is -1.95. The lowest BCUT2D eigenvalue weighted by molar-refractivity contribution is -0.274. The van der Waals surface area contributed by atoms with E-state index in [1.54, 1.807) is 18.2 Å². The molecule has 0 unspecified atom stereocenters. The topological polar surface area (TPSA) is 90.6 Å². The van der Waals surface area contributed by atoms with Crippen molar-refractivity contribution in [1.82, 2.24) is 19.6 Å². The Balaban J connectivity index is 1.68. The van der Waals surface area contributed by atoms with Crippen molar-refractivity contribution >= 4 is 17.2 Å². The molecule has 0 radical (unpaired) electrons. The number of amides is 1. The van der Waals surface area contributed by atoms with Crippen LogP contribution in [0.3, 0.4) is 0 Å². The van der Waals surface area contributed by atoms with Crippen LogP contribution in [-0.4, -0.2) is 39.0 Å². The van der Waals surface area contributed by atoms with Crippen LogP contribution >= 0.6 is 0 Å². The summed E-state index contributed by atoms with van der Waals surface area (Å²) in [7, 11) is 1.43. The first kappa shape index (κ1) is 20.1. The molecule has 1 N–H and O–H groups in total. The number of ether oxygens (including phenoxy) is 2. The first-order valence-corrected chi connectivity index (χ1v) is 8.86. The number of benzene rings is 1. The fraction of sp³-hybridized carbons (Fsp3) is 0.100. The molecule has 0 fully saturated rings. The van der Waals surface area contributed by atoms with E-state index in [9.17, 15) is 18.0 Å². The number of halogens is 3. The molecule has 0 saturated heterocycles. The normalized spacial score (nSPS) is 11.4. The van der Waals surface area contributed by atoms with Crippen LogP contribution in [0.1, 0.15) is 10.5 Å². The molecule has 0 saturated carbocycles. The van der Waals surface area contributed by atoms with Crippen LogP contribution in [-0.2, 0) is 0 Å². The lowest BCUT2D eigenvalue weighted by Crippen LogP contribution is -2.17. The molecule has 1 amide bonds. The van der Waals surface area contributed by atoms with Crippen molar-refractivity contribution in [3.05, 3.63) is 66.6 Å². The summed E-state index contributed by atoms with van der Waals surface area (Å²) in [4.78, 5) is 21.0. The largest absolute Gasteiger partial charge is 0.573 e. The van der Waals surface area contributed by atoms with Crippen molar-refractivity contribution in [1.29, 1.82) is 0 Å². The Bertz CT molecular complexity index is 1260. The predicted molar refractivity (Wildman–Crippen MR) is 104 cm³/mol. The zero-order valence-electron chi connectivity index (χ0n) is 15.9. The zero-order chi connectivity index (χ0) is 22.0. The average Bonchev–Trinajstić information content (AvgIpc) is 3.15. The molecule has 0 aliphatic rings. The number of nitrogens with one attached hydrogen (secondary N) is 1. The summed E-state index contributed by atoms with van der Waals surface area (Å²) in [5.41, 5.74) is 0.943. The van der Waals surface area contributed by atoms with Gasteiger partial charge in [-0.3, -0.25) is 4.79 Å². The van der Waals surface area contributed by atoms with Gasteiger partial charge in [0.2, 0.25) is 5.88 Å². The van der Waals surface area contributed by atoms with Crippen LogP contribution in [0.15, 0.2) is 60.9 Å². The van der Waals surface area contributed by atoms with E-state index in [1.165, 1.54) is 54.4 Å². The molecule has 4 rings (SSSR count). The molecule has 0 bridgehead atoms. The van der Waals surface area contributed by atoms with Gasteiger partial charge in [-0.25, -0.2) is 14.5 Å². The number of para-hydroxylation sites is 1. The summed E-state index contributed by atoms with van der Waals surface area (Å²) >= 11 is 0. The van der Waals surface area contributed by atoms with Crippen molar-refractivity contribution < 1.29 is 27.4 Å². The van der Waals surface area contributed by atoms with Gasteiger partial charge in [0.05, 0.1) is 19.0 Å². The number of carbonyl (C=O) groups is 1. The highest BCUT2D eigenvalue weighted by atomic mass is 19.4. The Hall–Kier alpha value is -4.15. The molecule has 3 heterocycles. The highest BCUT2D eigenvalue weighted by Crippen LogP contribution is 2.33. The summed E-state index contributed by atoms with van der Waals surface area (Å²) in [6, 6.07) is 11.9. The Morgan fingerprint density at radius 2 is 1.87 bits per heavy atom. The van der Waals surface area contributed by atoms with Crippen LogP contribution in [0.4, 0.5) is 18.9 Å². The van der Waals surface area contributed by atoms with Gasteiger partial charge in [0.15, 0.2) is 5.65 Å². The first-order chi connectivity index (χ1) is 14.8. The van der Waals surface area contributed by atoms with E-state index in [0.717, 1.165) is 0 Å². The minimum absolute atomic E-state index is 0.110. The van der Waals surface area contributed by atoms with Crippen molar-refractivity contribution in [3.8, 4) is 22.9 Å². The number of aromatic nitrogens is 4. The lowest BCUT2D eigenvalue weighted by atomic mass is 10.1. The summed E-state index contributed by atoms with van der Waals surface area (Å²) in [5, 5.41) is 6.75. The maximum atomic E-state index is 12.7. The fourth-order valence-corrected chi connectivity index (χ4v) is 2.84. The summed E-state index contributed by atoms with van der Waals surface area (Å²) in [5.74, 6) is -0.645. The maximum absolute atomic E-state index is 12.7. The molecule has 0 spiro atoms. The van der Waals surface area contributed by atoms with Crippen molar-refractivity contribution in [2.24, 2.45) is 0 Å². The molecule has 158 valence electrons. The third kappa shape index (κ3) is 4.39. The second-order valence-corrected chi connectivity index (χ2v) is 6.20. The number of pyridine rings is 1. The first-order valence-electron chi connectivity index (χ1n) is 8.86. The van der Waals surface area contributed by atoms with E-state index in [4.69, 9.17) is 4.74 Å². The second-order valence-electron chi connectivity index (χ2n) is 6.20. The Kier molecular flexibility index (Phi) is 5.15. The highest BCUT2D eigenvalue weighted by molar-refractivity contribution is 6.04. The Morgan fingerprint density at radius 3 is 2.65 bits per heavy atom. The van der Waals surface area contributed by atoms with Gasteiger partial charge in [0.25, 0.3) is 5.91 Å². The minimum atomic E-state index is -4.85. The Labute approximate surface area is 173 Å². The maximum Gasteiger partial charge on any atom is 0.573 e. The zero-order valence-corrected chi connectivity index (χ0v) is 15.9. The number of methoxy groups -OCH3 is 1. The standard InChI is InChI=1S/C20H14F3N5O3/c1-30-17-8-4-6-14(25-17)19(29)27-15-11-24-28-10-9-13(26-18(15)28)12-5-2-3-7-16(12)31-20(21,22)23/h2-11H,1H3,(H,27,29). The molecular weight excluding hydrogens is 415 g/mol. The fourth-order valence-electron chi connectivity index (χ4n) is 2.84. The monoisotopic (exact) mass is 429 g/mol. The highest BCUT2D eigenvalue weighted by Gasteiger charge is 2.32. The van der Waals surface area contributed by atoms with Gasteiger partial charge in [0, 0.05) is 17.8 Å². The number of anilines is 1. The predicted octanol–water partition coefficient (Wildman–Crippen LogP) is 3.95. The van der Waals surface area contributed by atoms with Crippen LogP contribution < -0.4 is 14.8 Å². The van der Waals surface area contributed by atoms with Crippen molar-refractivity contribution in [2.45, 2.75) is 6.36 Å². The van der Waals surface area contributed by atoms with Crippen LogP contribution in [0.2, 0.25) is 0 Å². The SMILES string of the molecule is COc1cccc(C(=O)Nc2cnn3ccc(-c4ccccc4OC(F)(F)F)nc23)n1. The number of rotatable bonds is 5. The number of carbonyl (C=O) groups excluding carboxylic acids is 1. The molecule has 3 aromatic heterocycles. The average molecular weight is 429 g/mol. The molecule has 11 heteroatoms. The van der Waals surface area contributed by atoms with E-state index >= 15 is 0 Å². The van der Waals surface area contributed by atoms with Crippen molar-refractivity contribution in [2.75, 3.05) is 12.4 Å². The van der Waals surface area contributed by atoms with E-state index in [2.05, 4.69) is 25.1 Å². The quantitative estimate of drug-likeness (QED) is 0.517. The third-order valence-corrected chi connectivity index (χ3v) is 4.17. The molecule has 8 nitrogen and oxygen atoms in total. The van der Waals surface area contributed by atoms with Gasteiger partial charge in [-0.2, -0.15) is 5.10 Å². The molecular formula is C20H14F3N5O3. The molecule has 31 heavy (non-hydrogen) atoms. The van der Waals surface area contributed by atoms with E-state index in [0.29, 0.717) is 0 Å². The van der Waals surface area contributed by atoms with Gasteiger partial charge in [0.1, 0.15) is 17.1 Å². The van der Waals surface area contributed by atoms with E-state index in [-0.39, 0.29) is 34.2 Å². The summed E-state index contributed by atoms with van der Waals surface area (Å²) in [6.45, 7) is 0. The second kappa shape index (κ2) is 7.94. The van der Waals surface area contributed by atoms with Crippen LogP contribution in [0, 0.1) is 0 Å². The number of nitrogens with zero attached hydrogens (tertiary/aromatic N) is 4.